The maximum absolute atomic E-state index is 12.6. The number of aliphatic hydroxyl groups is 1. The number of nitrogens with zero attached hydrogens (tertiary/aromatic N) is 4. The first-order valence-electron chi connectivity index (χ1n) is 11.2. The monoisotopic (exact) mass is 496 g/mol. The number of halogens is 1. The van der Waals surface area contributed by atoms with Gasteiger partial charge in [0.2, 0.25) is 0 Å². The van der Waals surface area contributed by atoms with Gasteiger partial charge in [-0.3, -0.25) is 10.1 Å². The molecule has 0 aliphatic heterocycles. The molecule has 0 aliphatic rings. The summed E-state index contributed by atoms with van der Waals surface area (Å²) in [5, 5.41) is 33.5. The van der Waals surface area contributed by atoms with Crippen molar-refractivity contribution in [2.45, 2.75) is 12.1 Å². The molecule has 1 N–H and O–H groups in total. The molecule has 0 radical (unpaired) electrons. The molecule has 0 aliphatic carbocycles. The van der Waals surface area contributed by atoms with Gasteiger partial charge in [-0.1, -0.05) is 114 Å². The minimum absolute atomic E-state index is 0.101. The van der Waals surface area contributed by atoms with Crippen molar-refractivity contribution in [2.75, 3.05) is 0 Å². The average Bonchev–Trinajstić information content (AvgIpc) is 3.33. The molecule has 0 amide bonds. The fourth-order valence-electron chi connectivity index (χ4n) is 4.40. The number of rotatable bonds is 7. The Balaban J connectivity index is 1.86. The Hall–Kier alpha value is -4.33. The lowest BCUT2D eigenvalue weighted by atomic mass is 9.81. The van der Waals surface area contributed by atoms with Crippen molar-refractivity contribution in [3.8, 4) is 11.3 Å². The summed E-state index contributed by atoms with van der Waals surface area (Å²) in [5.41, 5.74) is 0.587. The molecule has 0 saturated carbocycles. The van der Waals surface area contributed by atoms with Gasteiger partial charge in [-0.25, -0.2) is 4.68 Å². The van der Waals surface area contributed by atoms with Gasteiger partial charge >= 0.3 is 0 Å². The van der Waals surface area contributed by atoms with Crippen LogP contribution in [-0.2, 0) is 12.1 Å². The minimum atomic E-state index is -1.75. The van der Waals surface area contributed by atoms with Crippen molar-refractivity contribution < 1.29 is 10.0 Å². The van der Waals surface area contributed by atoms with Crippen LogP contribution in [-0.4, -0.2) is 25.0 Å². The predicted octanol–water partition coefficient (Wildman–Crippen LogP) is 5.84. The van der Waals surface area contributed by atoms with Crippen molar-refractivity contribution in [1.82, 2.24) is 15.0 Å². The van der Waals surface area contributed by atoms with Gasteiger partial charge in [0.05, 0.1) is 16.5 Å². The zero-order chi connectivity index (χ0) is 25.1. The summed E-state index contributed by atoms with van der Waals surface area (Å²) >= 11 is 6.53. The molecule has 0 saturated heterocycles. The Labute approximate surface area is 212 Å². The first-order chi connectivity index (χ1) is 17.5. The van der Waals surface area contributed by atoms with E-state index in [-0.39, 0.29) is 34.2 Å². The molecule has 0 bridgehead atoms. The third-order valence-corrected chi connectivity index (χ3v) is 6.38. The Morgan fingerprint density at radius 2 is 1.39 bits per heavy atom. The zero-order valence-electron chi connectivity index (χ0n) is 19.0. The van der Waals surface area contributed by atoms with Crippen molar-refractivity contribution >= 4 is 17.3 Å². The SMILES string of the molecule is O=[N+]([O-])c1cccc(Cl)c1-c1nnn(Cc2ccccc2)c1C(O)(c1ccccc1)c1ccccc1. The van der Waals surface area contributed by atoms with Gasteiger partial charge in [0, 0.05) is 6.07 Å². The van der Waals surface area contributed by atoms with E-state index in [9.17, 15) is 15.2 Å². The molecule has 0 unspecified atom stereocenters. The quantitative estimate of drug-likeness (QED) is 0.226. The first kappa shape index (κ1) is 23.4. The van der Waals surface area contributed by atoms with E-state index in [1.165, 1.54) is 12.1 Å². The average molecular weight is 497 g/mol. The lowest BCUT2D eigenvalue weighted by Crippen LogP contribution is -2.33. The van der Waals surface area contributed by atoms with Crippen molar-refractivity contribution in [2.24, 2.45) is 0 Å². The molecule has 178 valence electrons. The highest BCUT2D eigenvalue weighted by Crippen LogP contribution is 2.44. The van der Waals surface area contributed by atoms with Gasteiger partial charge in [0.1, 0.15) is 17.0 Å². The second-order valence-electron chi connectivity index (χ2n) is 8.26. The van der Waals surface area contributed by atoms with Gasteiger partial charge in [0.25, 0.3) is 5.69 Å². The molecule has 8 heteroatoms. The van der Waals surface area contributed by atoms with Crippen LogP contribution in [0.5, 0.6) is 0 Å². The lowest BCUT2D eigenvalue weighted by molar-refractivity contribution is -0.384. The van der Waals surface area contributed by atoms with Crippen molar-refractivity contribution in [3.05, 3.63) is 147 Å². The van der Waals surface area contributed by atoms with Crippen LogP contribution in [0, 0.1) is 10.1 Å². The fourth-order valence-corrected chi connectivity index (χ4v) is 4.66. The lowest BCUT2D eigenvalue weighted by Gasteiger charge is -2.31. The van der Waals surface area contributed by atoms with Crippen molar-refractivity contribution in [1.29, 1.82) is 0 Å². The summed E-state index contributed by atoms with van der Waals surface area (Å²) in [4.78, 5) is 11.5. The van der Waals surface area contributed by atoms with Crippen molar-refractivity contribution in [3.63, 3.8) is 0 Å². The summed E-state index contributed by atoms with van der Waals surface area (Å²) in [7, 11) is 0. The van der Waals surface area contributed by atoms with Gasteiger partial charge in [-0.2, -0.15) is 0 Å². The molecule has 0 fully saturated rings. The summed E-state index contributed by atoms with van der Waals surface area (Å²) in [6.45, 7) is 0.281. The summed E-state index contributed by atoms with van der Waals surface area (Å²) in [6, 6.07) is 32.3. The smallest absolute Gasteiger partial charge is 0.280 e. The van der Waals surface area contributed by atoms with Gasteiger partial charge < -0.3 is 5.11 Å². The molecular formula is C28H21ClN4O3. The molecule has 0 spiro atoms. The van der Waals surface area contributed by atoms with Crippen LogP contribution >= 0.6 is 11.6 Å². The largest absolute Gasteiger partial charge is 0.374 e. The Kier molecular flexibility index (Phi) is 6.33. The highest BCUT2D eigenvalue weighted by molar-refractivity contribution is 6.33. The maximum Gasteiger partial charge on any atom is 0.280 e. The molecular weight excluding hydrogens is 476 g/mol. The number of benzene rings is 4. The van der Waals surface area contributed by atoms with Crippen LogP contribution in [0.4, 0.5) is 5.69 Å². The fraction of sp³-hybridized carbons (Fsp3) is 0.0714. The predicted molar refractivity (Wildman–Crippen MR) is 138 cm³/mol. The van der Waals surface area contributed by atoms with Crippen LogP contribution in [0.15, 0.2) is 109 Å². The second-order valence-corrected chi connectivity index (χ2v) is 8.67. The number of nitro groups is 1. The topological polar surface area (TPSA) is 94.1 Å². The second kappa shape index (κ2) is 9.73. The number of hydrogen-bond donors (Lipinski definition) is 1. The molecule has 7 nitrogen and oxygen atoms in total. The number of nitro benzene ring substituents is 1. The third-order valence-electron chi connectivity index (χ3n) is 6.06. The van der Waals surface area contributed by atoms with E-state index in [4.69, 9.17) is 11.6 Å². The van der Waals surface area contributed by atoms with Crippen LogP contribution < -0.4 is 0 Å². The Morgan fingerprint density at radius 3 is 1.94 bits per heavy atom. The normalized spacial score (nSPS) is 11.4. The molecule has 4 aromatic carbocycles. The summed E-state index contributed by atoms with van der Waals surface area (Å²) in [6.07, 6.45) is 0. The zero-order valence-corrected chi connectivity index (χ0v) is 19.8. The van der Waals surface area contributed by atoms with Gasteiger partial charge in [-0.05, 0) is 22.8 Å². The highest BCUT2D eigenvalue weighted by atomic mass is 35.5. The number of hydrogen-bond acceptors (Lipinski definition) is 5. The Bertz CT molecular complexity index is 1470. The third kappa shape index (κ3) is 4.15. The van der Waals surface area contributed by atoms with Crippen LogP contribution in [0.1, 0.15) is 22.4 Å². The molecule has 5 rings (SSSR count). The number of aromatic nitrogens is 3. The van der Waals surface area contributed by atoms with E-state index in [1.54, 1.807) is 35.0 Å². The standard InChI is InChI=1S/C28H21ClN4O3/c29-23-17-10-18-24(33(35)36)25(23)26-27(32(31-30-26)19-20-11-4-1-5-12-20)28(34,21-13-6-2-7-14-21)22-15-8-3-9-16-22/h1-18,34H,19H2. The molecule has 5 aromatic rings. The molecule has 1 aromatic heterocycles. The maximum atomic E-state index is 12.6. The summed E-state index contributed by atoms with van der Waals surface area (Å²) < 4.78 is 1.58. The molecule has 0 atom stereocenters. The molecule has 36 heavy (non-hydrogen) atoms. The van der Waals surface area contributed by atoms with E-state index in [0.717, 1.165) is 5.56 Å². The molecule has 1 heterocycles. The van der Waals surface area contributed by atoms with Gasteiger partial charge in [-0.15, -0.1) is 5.10 Å². The summed E-state index contributed by atoms with van der Waals surface area (Å²) in [5.74, 6) is 0. The van der Waals surface area contributed by atoms with E-state index >= 15 is 0 Å². The highest BCUT2D eigenvalue weighted by Gasteiger charge is 2.42. The van der Waals surface area contributed by atoms with Crippen LogP contribution in [0.3, 0.4) is 0 Å². The first-order valence-corrected chi connectivity index (χ1v) is 11.6. The Morgan fingerprint density at radius 1 is 0.833 bits per heavy atom. The van der Waals surface area contributed by atoms with E-state index in [0.29, 0.717) is 11.1 Å². The van der Waals surface area contributed by atoms with E-state index in [2.05, 4.69) is 10.3 Å². The van der Waals surface area contributed by atoms with E-state index < -0.39 is 10.5 Å². The van der Waals surface area contributed by atoms with Crippen LogP contribution in [0.25, 0.3) is 11.3 Å². The van der Waals surface area contributed by atoms with Crippen LogP contribution in [0.2, 0.25) is 5.02 Å². The minimum Gasteiger partial charge on any atom is -0.374 e. The van der Waals surface area contributed by atoms with Gasteiger partial charge in [0.15, 0.2) is 5.60 Å². The van der Waals surface area contributed by atoms with E-state index in [1.807, 2.05) is 66.7 Å².